The van der Waals surface area contributed by atoms with E-state index in [-0.39, 0.29) is 12.0 Å². The lowest BCUT2D eigenvalue weighted by molar-refractivity contribution is -0.113. The molecule has 0 N–H and O–H groups in total. The van der Waals surface area contributed by atoms with Crippen LogP contribution in [0.5, 0.6) is 5.75 Å². The number of ether oxygens (including phenoxy) is 1. The van der Waals surface area contributed by atoms with E-state index in [4.69, 9.17) is 17.0 Å². The highest BCUT2D eigenvalue weighted by Gasteiger charge is 2.33. The molecule has 1 amide bonds. The summed E-state index contributed by atoms with van der Waals surface area (Å²) in [6, 6.07) is 11.2. The molecule has 1 saturated heterocycles. The predicted octanol–water partition coefficient (Wildman–Crippen LogP) is 4.27. The lowest BCUT2D eigenvalue weighted by Gasteiger charge is -2.13. The number of anilines is 1. The van der Waals surface area contributed by atoms with Gasteiger partial charge in [0.15, 0.2) is 4.32 Å². The highest BCUT2D eigenvalue weighted by atomic mass is 32.2. The number of nitrogens with zero attached hydrogens (tertiary/aromatic N) is 2. The number of benzene rings is 1. The summed E-state index contributed by atoms with van der Waals surface area (Å²) < 4.78 is 6.14. The Bertz CT molecular complexity index is 786. The Hall–Kier alpha value is -2.18. The van der Waals surface area contributed by atoms with Crippen molar-refractivity contribution in [3.8, 4) is 5.75 Å². The van der Waals surface area contributed by atoms with Crippen LogP contribution in [0.3, 0.4) is 0 Å². The summed E-state index contributed by atoms with van der Waals surface area (Å²) in [6.07, 6.45) is 5.27. The van der Waals surface area contributed by atoms with E-state index in [1.165, 1.54) is 16.7 Å². The Kier molecular flexibility index (Phi) is 4.97. The predicted molar refractivity (Wildman–Crippen MR) is 102 cm³/mol. The number of thioether (sulfide) groups is 1. The summed E-state index contributed by atoms with van der Waals surface area (Å²) in [4.78, 5) is 18.8. The molecule has 2 heterocycles. The molecule has 4 nitrogen and oxygen atoms in total. The van der Waals surface area contributed by atoms with Crippen molar-refractivity contribution in [2.45, 2.75) is 20.0 Å². The number of thiocarbonyl (C=S) groups is 1. The van der Waals surface area contributed by atoms with Gasteiger partial charge in [0.05, 0.1) is 22.9 Å². The quantitative estimate of drug-likeness (QED) is 0.604. The molecule has 1 aliphatic rings. The number of aromatic nitrogens is 1. The SMILES string of the molecule is CC(C)Oc1ccc(/C=C2/SC(=S)N(c3cccnc3)C2=O)cc1. The Labute approximate surface area is 150 Å². The molecule has 122 valence electrons. The van der Waals surface area contributed by atoms with Crippen LogP contribution < -0.4 is 9.64 Å². The van der Waals surface area contributed by atoms with E-state index in [0.29, 0.717) is 14.9 Å². The van der Waals surface area contributed by atoms with Crippen LogP contribution in [0.1, 0.15) is 19.4 Å². The molecular formula is C18H16N2O2S2. The normalized spacial score (nSPS) is 16.3. The molecule has 2 aromatic rings. The molecule has 0 saturated carbocycles. The molecule has 0 atom stereocenters. The standard InChI is InChI=1S/C18H16N2O2S2/c1-12(2)22-15-7-5-13(6-8-15)10-16-17(21)20(18(23)24-16)14-4-3-9-19-11-14/h3-12H,1-2H3/b16-10+. The smallest absolute Gasteiger partial charge is 0.270 e. The van der Waals surface area contributed by atoms with Crippen molar-refractivity contribution in [3.63, 3.8) is 0 Å². The third-order valence-corrected chi connectivity index (χ3v) is 4.55. The fourth-order valence-electron chi connectivity index (χ4n) is 2.24. The van der Waals surface area contributed by atoms with Crippen LogP contribution in [0.15, 0.2) is 53.7 Å². The second kappa shape index (κ2) is 7.15. The average Bonchev–Trinajstić information content (AvgIpc) is 2.83. The first-order valence-electron chi connectivity index (χ1n) is 7.49. The van der Waals surface area contributed by atoms with E-state index in [2.05, 4.69) is 4.98 Å². The summed E-state index contributed by atoms with van der Waals surface area (Å²) in [5, 5.41) is 0. The first-order chi connectivity index (χ1) is 11.5. The van der Waals surface area contributed by atoms with E-state index < -0.39 is 0 Å². The third-order valence-electron chi connectivity index (χ3n) is 3.25. The molecule has 0 bridgehead atoms. The zero-order valence-electron chi connectivity index (χ0n) is 13.3. The first-order valence-corrected chi connectivity index (χ1v) is 8.72. The van der Waals surface area contributed by atoms with Crippen molar-refractivity contribution in [1.29, 1.82) is 0 Å². The third kappa shape index (κ3) is 3.66. The zero-order chi connectivity index (χ0) is 17.1. The van der Waals surface area contributed by atoms with E-state index in [1.54, 1.807) is 18.5 Å². The second-order valence-corrected chi connectivity index (χ2v) is 7.14. The number of carbonyl (C=O) groups excluding carboxylic acids is 1. The van der Waals surface area contributed by atoms with Crippen LogP contribution in [-0.2, 0) is 4.79 Å². The minimum atomic E-state index is -0.125. The molecule has 0 radical (unpaired) electrons. The number of hydrogen-bond donors (Lipinski definition) is 0. The largest absolute Gasteiger partial charge is 0.491 e. The zero-order valence-corrected chi connectivity index (χ0v) is 14.9. The Balaban J connectivity index is 1.81. The van der Waals surface area contributed by atoms with E-state index in [1.807, 2.05) is 50.3 Å². The maximum atomic E-state index is 12.6. The van der Waals surface area contributed by atoms with Gasteiger partial charge in [0.25, 0.3) is 5.91 Å². The summed E-state index contributed by atoms with van der Waals surface area (Å²) in [5.74, 6) is 0.686. The maximum absolute atomic E-state index is 12.6. The van der Waals surface area contributed by atoms with Gasteiger partial charge in [-0.15, -0.1) is 0 Å². The number of carbonyl (C=O) groups is 1. The molecule has 24 heavy (non-hydrogen) atoms. The van der Waals surface area contributed by atoms with Crippen molar-refractivity contribution < 1.29 is 9.53 Å². The molecule has 1 aliphatic heterocycles. The number of amides is 1. The van der Waals surface area contributed by atoms with Gasteiger partial charge < -0.3 is 4.74 Å². The molecule has 1 aromatic heterocycles. The first kappa shape index (κ1) is 16.7. The van der Waals surface area contributed by atoms with Gasteiger partial charge in [0.2, 0.25) is 0 Å². The van der Waals surface area contributed by atoms with Crippen molar-refractivity contribution in [3.05, 3.63) is 59.3 Å². The lowest BCUT2D eigenvalue weighted by Crippen LogP contribution is -2.27. The van der Waals surface area contributed by atoms with Gasteiger partial charge in [0, 0.05) is 6.20 Å². The van der Waals surface area contributed by atoms with Crippen LogP contribution in [0.25, 0.3) is 6.08 Å². The maximum Gasteiger partial charge on any atom is 0.270 e. The minimum absolute atomic E-state index is 0.125. The van der Waals surface area contributed by atoms with Crippen LogP contribution in [0.4, 0.5) is 5.69 Å². The summed E-state index contributed by atoms with van der Waals surface area (Å²) in [6.45, 7) is 3.97. The Morgan fingerprint density at radius 3 is 2.62 bits per heavy atom. The monoisotopic (exact) mass is 356 g/mol. The summed E-state index contributed by atoms with van der Waals surface area (Å²) >= 11 is 6.64. The van der Waals surface area contributed by atoms with Crippen LogP contribution in [-0.4, -0.2) is 21.3 Å². The highest BCUT2D eigenvalue weighted by molar-refractivity contribution is 8.27. The van der Waals surface area contributed by atoms with Crippen LogP contribution >= 0.6 is 24.0 Å². The molecule has 1 fully saturated rings. The molecular weight excluding hydrogens is 340 g/mol. The van der Waals surface area contributed by atoms with Crippen LogP contribution in [0.2, 0.25) is 0 Å². The molecule has 0 spiro atoms. The van der Waals surface area contributed by atoms with Gasteiger partial charge in [0.1, 0.15) is 5.75 Å². The molecule has 3 rings (SSSR count). The van der Waals surface area contributed by atoms with Gasteiger partial charge in [-0.3, -0.25) is 14.7 Å². The summed E-state index contributed by atoms with van der Waals surface area (Å²) in [5.41, 5.74) is 1.61. The Morgan fingerprint density at radius 1 is 1.25 bits per heavy atom. The second-order valence-electron chi connectivity index (χ2n) is 5.46. The molecule has 0 unspecified atom stereocenters. The summed E-state index contributed by atoms with van der Waals surface area (Å²) in [7, 11) is 0. The molecule has 1 aromatic carbocycles. The van der Waals surface area contributed by atoms with Gasteiger partial charge in [-0.05, 0) is 49.8 Å². The average molecular weight is 356 g/mol. The van der Waals surface area contributed by atoms with E-state index in [9.17, 15) is 4.79 Å². The number of rotatable bonds is 4. The number of pyridine rings is 1. The highest BCUT2D eigenvalue weighted by Crippen LogP contribution is 2.35. The molecule has 0 aliphatic carbocycles. The topological polar surface area (TPSA) is 42.4 Å². The van der Waals surface area contributed by atoms with Crippen molar-refractivity contribution in [1.82, 2.24) is 4.98 Å². The molecule has 6 heteroatoms. The van der Waals surface area contributed by atoms with Crippen LogP contribution in [0, 0.1) is 0 Å². The van der Waals surface area contributed by atoms with Crippen molar-refractivity contribution in [2.75, 3.05) is 4.90 Å². The Morgan fingerprint density at radius 2 is 2.00 bits per heavy atom. The van der Waals surface area contributed by atoms with E-state index in [0.717, 1.165) is 11.3 Å². The van der Waals surface area contributed by atoms with Gasteiger partial charge in [-0.1, -0.05) is 36.1 Å². The van der Waals surface area contributed by atoms with E-state index >= 15 is 0 Å². The van der Waals surface area contributed by atoms with Crippen molar-refractivity contribution in [2.24, 2.45) is 0 Å². The lowest BCUT2D eigenvalue weighted by atomic mass is 10.2. The number of hydrogen-bond acceptors (Lipinski definition) is 5. The fraction of sp³-hybridized carbons (Fsp3) is 0.167. The fourth-order valence-corrected chi connectivity index (χ4v) is 3.54. The minimum Gasteiger partial charge on any atom is -0.491 e. The van der Waals surface area contributed by atoms with Crippen molar-refractivity contribution >= 4 is 46.0 Å². The van der Waals surface area contributed by atoms with Gasteiger partial charge in [-0.2, -0.15) is 0 Å². The van der Waals surface area contributed by atoms with Gasteiger partial charge in [-0.25, -0.2) is 0 Å². The van der Waals surface area contributed by atoms with Gasteiger partial charge >= 0.3 is 0 Å².